The van der Waals surface area contributed by atoms with Gasteiger partial charge in [0.2, 0.25) is 20.0 Å². The Morgan fingerprint density at radius 3 is 2.39 bits per heavy atom. The fraction of sp³-hybridized carbons (Fsp3) is 0.538. The number of rotatable bonds is 5. The molecule has 1 unspecified atom stereocenters. The smallest absolute Gasteiger partial charge is 0.243 e. The van der Waals surface area contributed by atoms with Gasteiger partial charge in [-0.25, -0.2) is 21.1 Å². The van der Waals surface area contributed by atoms with Crippen LogP contribution < -0.4 is 5.73 Å². The Kier molecular flexibility index (Phi) is 6.59. The van der Waals surface area contributed by atoms with Crippen LogP contribution in [0, 0.1) is 0 Å². The lowest BCUT2D eigenvalue weighted by atomic mass is 10.2. The van der Waals surface area contributed by atoms with Crippen molar-refractivity contribution in [3.8, 4) is 0 Å². The largest absolute Gasteiger partial charge is 0.329 e. The third kappa shape index (κ3) is 3.86. The van der Waals surface area contributed by atoms with Crippen molar-refractivity contribution >= 4 is 32.5 Å². The molecular formula is C13H22ClN3O4S2. The first-order chi connectivity index (χ1) is 10.2. The molecule has 1 aliphatic heterocycles. The van der Waals surface area contributed by atoms with Crippen LogP contribution in [-0.2, 0) is 20.0 Å². The number of halogens is 1. The van der Waals surface area contributed by atoms with Gasteiger partial charge >= 0.3 is 0 Å². The zero-order valence-corrected chi connectivity index (χ0v) is 15.5. The highest BCUT2D eigenvalue weighted by Crippen LogP contribution is 2.27. The van der Waals surface area contributed by atoms with Gasteiger partial charge < -0.3 is 5.73 Å². The summed E-state index contributed by atoms with van der Waals surface area (Å²) >= 11 is 0. The van der Waals surface area contributed by atoms with E-state index in [9.17, 15) is 16.8 Å². The molecule has 2 rings (SSSR count). The lowest BCUT2D eigenvalue weighted by molar-refractivity contribution is 0.393. The van der Waals surface area contributed by atoms with Crippen LogP contribution in [0.25, 0.3) is 0 Å². The second kappa shape index (κ2) is 7.45. The fourth-order valence-corrected chi connectivity index (χ4v) is 5.28. The molecule has 1 saturated heterocycles. The van der Waals surface area contributed by atoms with Crippen LogP contribution in [0.15, 0.2) is 34.1 Å². The van der Waals surface area contributed by atoms with Gasteiger partial charge in [0.15, 0.2) is 0 Å². The van der Waals surface area contributed by atoms with Gasteiger partial charge in [-0.15, -0.1) is 12.4 Å². The third-order valence-electron chi connectivity index (χ3n) is 3.79. The van der Waals surface area contributed by atoms with Crippen molar-refractivity contribution in [2.75, 3.05) is 27.2 Å². The highest BCUT2D eigenvalue weighted by Gasteiger charge is 2.35. The number of nitrogens with two attached hydrogens (primary N) is 1. The summed E-state index contributed by atoms with van der Waals surface area (Å²) in [7, 11) is -4.61. The Hall–Kier alpha value is -0.710. The molecular weight excluding hydrogens is 362 g/mol. The molecule has 1 heterocycles. The Balaban J connectivity index is 0.00000264. The molecule has 1 atom stereocenters. The first-order valence-electron chi connectivity index (χ1n) is 6.96. The summed E-state index contributed by atoms with van der Waals surface area (Å²) in [6.45, 7) is 0.670. The van der Waals surface area contributed by atoms with Crippen LogP contribution in [0.1, 0.15) is 12.8 Å². The van der Waals surface area contributed by atoms with Gasteiger partial charge in [0.25, 0.3) is 0 Å². The van der Waals surface area contributed by atoms with Crippen molar-refractivity contribution in [2.45, 2.75) is 28.7 Å². The van der Waals surface area contributed by atoms with Crippen LogP contribution in [-0.4, -0.2) is 58.7 Å². The van der Waals surface area contributed by atoms with E-state index in [4.69, 9.17) is 5.73 Å². The molecule has 0 aliphatic carbocycles. The quantitative estimate of drug-likeness (QED) is 0.796. The first kappa shape index (κ1) is 20.3. The zero-order chi connectivity index (χ0) is 16.5. The molecule has 132 valence electrons. The topological polar surface area (TPSA) is 101 Å². The highest BCUT2D eigenvalue weighted by molar-refractivity contribution is 7.90. The third-order valence-corrected chi connectivity index (χ3v) is 7.54. The summed E-state index contributed by atoms with van der Waals surface area (Å²) in [6, 6.07) is 5.22. The minimum Gasteiger partial charge on any atom is -0.329 e. The Labute approximate surface area is 144 Å². The highest BCUT2D eigenvalue weighted by atomic mass is 35.5. The van der Waals surface area contributed by atoms with Gasteiger partial charge in [0, 0.05) is 33.2 Å². The van der Waals surface area contributed by atoms with Crippen molar-refractivity contribution in [2.24, 2.45) is 5.73 Å². The van der Waals surface area contributed by atoms with Crippen molar-refractivity contribution in [3.63, 3.8) is 0 Å². The van der Waals surface area contributed by atoms with Crippen molar-refractivity contribution < 1.29 is 16.8 Å². The Bertz CT molecular complexity index is 750. The average molecular weight is 384 g/mol. The number of hydrogen-bond donors (Lipinski definition) is 1. The number of nitrogens with zero attached hydrogens (tertiary/aromatic N) is 2. The lowest BCUT2D eigenvalue weighted by Crippen LogP contribution is -2.39. The minimum absolute atomic E-state index is 0. The van der Waals surface area contributed by atoms with Gasteiger partial charge in [-0.1, -0.05) is 6.07 Å². The lowest BCUT2D eigenvalue weighted by Gasteiger charge is -2.23. The molecule has 10 heteroatoms. The predicted molar refractivity (Wildman–Crippen MR) is 90.5 cm³/mol. The van der Waals surface area contributed by atoms with Gasteiger partial charge in [-0.2, -0.15) is 4.31 Å². The molecule has 0 saturated carbocycles. The summed E-state index contributed by atoms with van der Waals surface area (Å²) in [5, 5.41) is 0. The summed E-state index contributed by atoms with van der Waals surface area (Å²) in [5.41, 5.74) is 5.63. The van der Waals surface area contributed by atoms with E-state index in [0.29, 0.717) is 6.54 Å². The molecule has 1 aliphatic rings. The van der Waals surface area contributed by atoms with Crippen molar-refractivity contribution in [3.05, 3.63) is 24.3 Å². The maximum atomic E-state index is 12.7. The maximum absolute atomic E-state index is 12.7. The predicted octanol–water partition coefficient (Wildman–Crippen LogP) is 0.471. The molecule has 0 amide bonds. The summed E-state index contributed by atoms with van der Waals surface area (Å²) in [5.74, 6) is 0. The average Bonchev–Trinajstić information content (AvgIpc) is 2.96. The normalized spacial score (nSPS) is 19.7. The SMILES string of the molecule is CN(C)S(=O)(=O)c1cccc(S(=O)(=O)N2CCCC2CN)c1.Cl. The van der Waals surface area contributed by atoms with E-state index in [1.54, 1.807) is 0 Å². The van der Waals surface area contributed by atoms with Gasteiger partial charge in [-0.3, -0.25) is 0 Å². The summed E-state index contributed by atoms with van der Waals surface area (Å²) in [4.78, 5) is -0.0576. The maximum Gasteiger partial charge on any atom is 0.243 e. The van der Waals surface area contributed by atoms with E-state index in [0.717, 1.165) is 17.1 Å². The molecule has 1 aromatic carbocycles. The van der Waals surface area contributed by atoms with Crippen LogP contribution in [0.5, 0.6) is 0 Å². The molecule has 0 radical (unpaired) electrons. The van der Waals surface area contributed by atoms with E-state index >= 15 is 0 Å². The van der Waals surface area contributed by atoms with Crippen molar-refractivity contribution in [1.29, 1.82) is 0 Å². The van der Waals surface area contributed by atoms with E-state index in [1.807, 2.05) is 0 Å². The van der Waals surface area contributed by atoms with E-state index < -0.39 is 20.0 Å². The van der Waals surface area contributed by atoms with Gasteiger partial charge in [0.05, 0.1) is 9.79 Å². The fourth-order valence-electron chi connectivity index (χ4n) is 2.50. The number of benzene rings is 1. The molecule has 7 nitrogen and oxygen atoms in total. The summed E-state index contributed by atoms with van der Waals surface area (Å²) in [6.07, 6.45) is 1.49. The molecule has 23 heavy (non-hydrogen) atoms. The molecule has 1 aromatic rings. The van der Waals surface area contributed by atoms with E-state index in [2.05, 4.69) is 0 Å². The van der Waals surface area contributed by atoms with Crippen LogP contribution >= 0.6 is 12.4 Å². The van der Waals surface area contributed by atoms with Gasteiger partial charge in [-0.05, 0) is 31.0 Å². The van der Waals surface area contributed by atoms with Crippen LogP contribution in [0.2, 0.25) is 0 Å². The van der Waals surface area contributed by atoms with Crippen LogP contribution in [0.3, 0.4) is 0 Å². The number of hydrogen-bond acceptors (Lipinski definition) is 5. The summed E-state index contributed by atoms with van der Waals surface area (Å²) < 4.78 is 52.2. The van der Waals surface area contributed by atoms with E-state index in [-0.39, 0.29) is 34.8 Å². The standard InChI is InChI=1S/C13H21N3O4S2.ClH/c1-15(2)21(17,18)12-6-3-7-13(9-12)22(19,20)16-8-4-5-11(16)10-14;/h3,6-7,9,11H,4-5,8,10,14H2,1-2H3;1H. The Morgan fingerprint density at radius 1 is 1.22 bits per heavy atom. The first-order valence-corrected chi connectivity index (χ1v) is 9.84. The molecule has 0 spiro atoms. The minimum atomic E-state index is -3.74. The zero-order valence-electron chi connectivity index (χ0n) is 13.0. The molecule has 1 fully saturated rings. The van der Waals surface area contributed by atoms with Crippen LogP contribution in [0.4, 0.5) is 0 Å². The number of sulfonamides is 2. The second-order valence-electron chi connectivity index (χ2n) is 5.41. The van der Waals surface area contributed by atoms with Crippen molar-refractivity contribution in [1.82, 2.24) is 8.61 Å². The molecule has 0 aromatic heterocycles. The molecule has 2 N–H and O–H groups in total. The Morgan fingerprint density at radius 2 is 1.83 bits per heavy atom. The monoisotopic (exact) mass is 383 g/mol. The second-order valence-corrected chi connectivity index (χ2v) is 9.45. The van der Waals surface area contributed by atoms with Gasteiger partial charge in [0.1, 0.15) is 0 Å². The van der Waals surface area contributed by atoms with E-state index in [1.165, 1.54) is 42.7 Å². The molecule has 0 bridgehead atoms.